The number of hydrogen-bond donors (Lipinski definition) is 1. The van der Waals surface area contributed by atoms with Crippen LogP contribution in [0.4, 0.5) is 0 Å². The minimum absolute atomic E-state index is 0.110. The van der Waals surface area contributed by atoms with Crippen LogP contribution in [0.3, 0.4) is 0 Å². The quantitative estimate of drug-likeness (QED) is 0.668. The summed E-state index contributed by atoms with van der Waals surface area (Å²) in [7, 11) is 0. The molecule has 98 valence electrons. The van der Waals surface area contributed by atoms with E-state index in [9.17, 15) is 9.90 Å². The molecule has 2 rings (SSSR count). The fourth-order valence-corrected chi connectivity index (χ4v) is 3.72. The van der Waals surface area contributed by atoms with Gasteiger partial charge in [0.1, 0.15) is 0 Å². The smallest absolute Gasteiger partial charge is 0.159 e. The molecule has 1 aromatic carbocycles. The lowest BCUT2D eigenvalue weighted by molar-refractivity contribution is 0.101. The Hall–Kier alpha value is -0.800. The monoisotopic (exact) mass is 264 g/mol. The standard InChI is InChI=1S/C15H20O2S/c1-11(16)12-5-4-8-14(9-12)18-15-7-3-2-6-13(17)10-15/h4-5,8-9,13,15,17H,2-3,6-7,10H2,1H3/t13-,15-/m1/s1. The van der Waals surface area contributed by atoms with Crippen LogP contribution in [-0.4, -0.2) is 22.2 Å². The Morgan fingerprint density at radius 3 is 2.89 bits per heavy atom. The first-order valence-corrected chi connectivity index (χ1v) is 7.49. The Kier molecular flexibility index (Phi) is 4.84. The first-order valence-electron chi connectivity index (χ1n) is 6.61. The number of carbonyl (C=O) groups is 1. The highest BCUT2D eigenvalue weighted by Gasteiger charge is 2.19. The number of thioether (sulfide) groups is 1. The van der Waals surface area contributed by atoms with Gasteiger partial charge in [-0.05, 0) is 38.3 Å². The van der Waals surface area contributed by atoms with Gasteiger partial charge in [-0.1, -0.05) is 25.0 Å². The highest BCUT2D eigenvalue weighted by atomic mass is 32.2. The molecule has 3 heteroatoms. The van der Waals surface area contributed by atoms with Crippen LogP contribution < -0.4 is 0 Å². The molecule has 0 aliphatic heterocycles. The predicted octanol–water partition coefficient (Wildman–Crippen LogP) is 3.67. The number of carbonyl (C=O) groups excluding carboxylic acids is 1. The second-order valence-electron chi connectivity index (χ2n) is 5.00. The van der Waals surface area contributed by atoms with Gasteiger partial charge >= 0.3 is 0 Å². The van der Waals surface area contributed by atoms with E-state index in [0.717, 1.165) is 36.1 Å². The fraction of sp³-hybridized carbons (Fsp3) is 0.533. The predicted molar refractivity (Wildman–Crippen MR) is 75.2 cm³/mol. The third-order valence-electron chi connectivity index (χ3n) is 3.39. The lowest BCUT2D eigenvalue weighted by Crippen LogP contribution is -2.11. The van der Waals surface area contributed by atoms with Gasteiger partial charge < -0.3 is 5.11 Å². The van der Waals surface area contributed by atoms with Gasteiger partial charge in [-0.2, -0.15) is 0 Å². The summed E-state index contributed by atoms with van der Waals surface area (Å²) in [5.74, 6) is 0.110. The van der Waals surface area contributed by atoms with Crippen molar-refractivity contribution in [1.82, 2.24) is 0 Å². The number of hydrogen-bond acceptors (Lipinski definition) is 3. The molecule has 0 heterocycles. The Balaban J connectivity index is 2.03. The number of aliphatic hydroxyl groups excluding tert-OH is 1. The van der Waals surface area contributed by atoms with Crippen molar-refractivity contribution in [2.45, 2.75) is 55.3 Å². The van der Waals surface area contributed by atoms with E-state index in [1.165, 1.54) is 6.42 Å². The summed E-state index contributed by atoms with van der Waals surface area (Å²) in [5, 5.41) is 10.3. The van der Waals surface area contributed by atoms with Crippen LogP contribution in [0.2, 0.25) is 0 Å². The van der Waals surface area contributed by atoms with Gasteiger partial charge in [-0.3, -0.25) is 4.79 Å². The van der Waals surface area contributed by atoms with E-state index < -0.39 is 0 Å². The Labute approximate surface area is 113 Å². The molecule has 1 aliphatic carbocycles. The van der Waals surface area contributed by atoms with Crippen LogP contribution in [0.5, 0.6) is 0 Å². The van der Waals surface area contributed by atoms with Crippen molar-refractivity contribution in [1.29, 1.82) is 0 Å². The van der Waals surface area contributed by atoms with E-state index in [-0.39, 0.29) is 11.9 Å². The summed E-state index contributed by atoms with van der Waals surface area (Å²) in [6, 6.07) is 7.80. The van der Waals surface area contributed by atoms with Crippen LogP contribution in [0.1, 0.15) is 49.4 Å². The van der Waals surface area contributed by atoms with E-state index in [1.54, 1.807) is 18.7 Å². The van der Waals surface area contributed by atoms with Gasteiger partial charge in [0.15, 0.2) is 5.78 Å². The van der Waals surface area contributed by atoms with Gasteiger partial charge in [0.05, 0.1) is 6.10 Å². The molecule has 2 nitrogen and oxygen atoms in total. The van der Waals surface area contributed by atoms with Crippen LogP contribution in [0, 0.1) is 0 Å². The summed E-state index contributed by atoms with van der Waals surface area (Å²) >= 11 is 1.80. The topological polar surface area (TPSA) is 37.3 Å². The molecular formula is C15H20O2S. The van der Waals surface area contributed by atoms with E-state index in [4.69, 9.17) is 0 Å². The molecule has 1 N–H and O–H groups in total. The average molecular weight is 264 g/mol. The number of Topliss-reactive ketones (excluding diaryl/α,β-unsaturated/α-hetero) is 1. The van der Waals surface area contributed by atoms with Crippen LogP contribution in [0.25, 0.3) is 0 Å². The minimum Gasteiger partial charge on any atom is -0.393 e. The highest BCUT2D eigenvalue weighted by molar-refractivity contribution is 8.00. The van der Waals surface area contributed by atoms with E-state index in [0.29, 0.717) is 5.25 Å². The van der Waals surface area contributed by atoms with Crippen LogP contribution in [-0.2, 0) is 0 Å². The van der Waals surface area contributed by atoms with Crippen molar-refractivity contribution < 1.29 is 9.90 Å². The normalized spacial score (nSPS) is 24.6. The van der Waals surface area contributed by atoms with Gasteiger partial charge in [0.25, 0.3) is 0 Å². The number of ketones is 1. The summed E-state index contributed by atoms with van der Waals surface area (Å²) in [6.07, 6.45) is 5.14. The number of aliphatic hydroxyl groups is 1. The summed E-state index contributed by atoms with van der Waals surface area (Å²) in [4.78, 5) is 12.5. The number of rotatable bonds is 3. The fourth-order valence-electron chi connectivity index (χ4n) is 2.38. The van der Waals surface area contributed by atoms with Gasteiger partial charge in [0.2, 0.25) is 0 Å². The van der Waals surface area contributed by atoms with Crippen LogP contribution in [0.15, 0.2) is 29.2 Å². The van der Waals surface area contributed by atoms with Gasteiger partial charge in [-0.25, -0.2) is 0 Å². The molecule has 1 saturated carbocycles. The molecule has 0 radical (unpaired) electrons. The van der Waals surface area contributed by atoms with Crippen molar-refractivity contribution in [3.63, 3.8) is 0 Å². The minimum atomic E-state index is -0.152. The molecule has 2 atom stereocenters. The average Bonchev–Trinajstić information content (AvgIpc) is 2.54. The molecule has 0 amide bonds. The molecule has 0 aromatic heterocycles. The second-order valence-corrected chi connectivity index (χ2v) is 6.37. The van der Waals surface area contributed by atoms with Crippen molar-refractivity contribution >= 4 is 17.5 Å². The molecule has 18 heavy (non-hydrogen) atoms. The molecule has 0 spiro atoms. The zero-order valence-corrected chi connectivity index (χ0v) is 11.6. The summed E-state index contributed by atoms with van der Waals surface area (Å²) < 4.78 is 0. The molecule has 0 unspecified atom stereocenters. The Morgan fingerprint density at radius 1 is 1.33 bits per heavy atom. The molecule has 0 saturated heterocycles. The van der Waals surface area contributed by atoms with E-state index >= 15 is 0 Å². The van der Waals surface area contributed by atoms with Crippen molar-refractivity contribution in [3.8, 4) is 0 Å². The largest absolute Gasteiger partial charge is 0.393 e. The SMILES string of the molecule is CC(=O)c1cccc(S[C@@H]2CCCC[C@@H](O)C2)c1. The van der Waals surface area contributed by atoms with Gasteiger partial charge in [0, 0.05) is 15.7 Å². The zero-order valence-electron chi connectivity index (χ0n) is 10.8. The number of benzene rings is 1. The highest BCUT2D eigenvalue weighted by Crippen LogP contribution is 2.33. The maximum Gasteiger partial charge on any atom is 0.159 e. The first kappa shape index (κ1) is 13.6. The molecule has 1 aromatic rings. The van der Waals surface area contributed by atoms with Crippen molar-refractivity contribution in [2.24, 2.45) is 0 Å². The molecule has 1 aliphatic rings. The zero-order chi connectivity index (χ0) is 13.0. The second kappa shape index (κ2) is 6.39. The first-order chi connectivity index (χ1) is 8.65. The Morgan fingerprint density at radius 2 is 2.11 bits per heavy atom. The third kappa shape index (κ3) is 3.85. The van der Waals surface area contributed by atoms with Crippen LogP contribution >= 0.6 is 11.8 Å². The maximum absolute atomic E-state index is 11.3. The van der Waals surface area contributed by atoms with Gasteiger partial charge in [-0.15, -0.1) is 11.8 Å². The van der Waals surface area contributed by atoms with Crippen molar-refractivity contribution in [3.05, 3.63) is 29.8 Å². The third-order valence-corrected chi connectivity index (χ3v) is 4.68. The lowest BCUT2D eigenvalue weighted by atomic mass is 10.1. The van der Waals surface area contributed by atoms with Crippen molar-refractivity contribution in [2.75, 3.05) is 0 Å². The molecule has 0 bridgehead atoms. The van der Waals surface area contributed by atoms with E-state index in [2.05, 4.69) is 0 Å². The molecular weight excluding hydrogens is 244 g/mol. The lowest BCUT2D eigenvalue weighted by Gasteiger charge is -2.16. The van der Waals surface area contributed by atoms with E-state index in [1.807, 2.05) is 24.3 Å². The Bertz CT molecular complexity index is 417. The molecule has 1 fully saturated rings. The summed E-state index contributed by atoms with van der Waals surface area (Å²) in [5.41, 5.74) is 0.772. The summed E-state index contributed by atoms with van der Waals surface area (Å²) in [6.45, 7) is 1.60. The maximum atomic E-state index is 11.3.